The normalized spacial score (nSPS) is 24.5. The van der Waals surface area contributed by atoms with E-state index >= 15 is 0 Å². The summed E-state index contributed by atoms with van der Waals surface area (Å²) in [5, 5.41) is 3.90. The molecule has 1 aliphatic rings. The molecule has 0 bridgehead atoms. The molecule has 1 aliphatic heterocycles. The van der Waals surface area contributed by atoms with Crippen molar-refractivity contribution in [3.05, 3.63) is 0 Å². The van der Waals surface area contributed by atoms with Crippen LogP contribution in [0.25, 0.3) is 0 Å². The third-order valence-corrected chi connectivity index (χ3v) is 3.13. The molecule has 1 N–H and O–H groups in total. The predicted molar refractivity (Wildman–Crippen MR) is 59.9 cm³/mol. The molecule has 76 valence electrons. The van der Waals surface area contributed by atoms with Crippen LogP contribution in [0.1, 0.15) is 13.8 Å². The average molecular weight is 201 g/mol. The van der Waals surface area contributed by atoms with Gasteiger partial charge in [0.05, 0.1) is 0 Å². The SMILES string of the molecule is CCN1CCN(C(=S)NC)CC1C. The molecule has 0 aliphatic carbocycles. The zero-order valence-corrected chi connectivity index (χ0v) is 9.52. The number of rotatable bonds is 1. The first-order valence-electron chi connectivity index (χ1n) is 4.89. The first-order chi connectivity index (χ1) is 6.19. The molecule has 1 atom stereocenters. The molecule has 0 aromatic heterocycles. The smallest absolute Gasteiger partial charge is 0.168 e. The number of piperazine rings is 1. The minimum atomic E-state index is 0.616. The molecule has 13 heavy (non-hydrogen) atoms. The number of hydrogen-bond acceptors (Lipinski definition) is 2. The molecule has 0 aromatic carbocycles. The van der Waals surface area contributed by atoms with Gasteiger partial charge in [-0.05, 0) is 25.7 Å². The Labute approximate surface area is 86.1 Å². The van der Waals surface area contributed by atoms with Gasteiger partial charge in [0, 0.05) is 32.7 Å². The monoisotopic (exact) mass is 201 g/mol. The van der Waals surface area contributed by atoms with Gasteiger partial charge in [0.2, 0.25) is 0 Å². The summed E-state index contributed by atoms with van der Waals surface area (Å²) < 4.78 is 0. The molecule has 0 saturated carbocycles. The summed E-state index contributed by atoms with van der Waals surface area (Å²) in [6.45, 7) is 8.84. The van der Waals surface area contributed by atoms with E-state index in [1.165, 1.54) is 0 Å². The van der Waals surface area contributed by atoms with E-state index < -0.39 is 0 Å². The van der Waals surface area contributed by atoms with Crippen molar-refractivity contribution < 1.29 is 0 Å². The van der Waals surface area contributed by atoms with Crippen molar-refractivity contribution in [1.29, 1.82) is 0 Å². The lowest BCUT2D eigenvalue weighted by atomic mass is 10.2. The van der Waals surface area contributed by atoms with Gasteiger partial charge in [-0.2, -0.15) is 0 Å². The third kappa shape index (κ3) is 2.54. The van der Waals surface area contributed by atoms with Gasteiger partial charge < -0.3 is 10.2 Å². The minimum Gasteiger partial charge on any atom is -0.366 e. The zero-order valence-electron chi connectivity index (χ0n) is 8.71. The number of likely N-dealkylation sites (N-methyl/N-ethyl adjacent to an activating group) is 1. The highest BCUT2D eigenvalue weighted by molar-refractivity contribution is 7.80. The second kappa shape index (κ2) is 4.77. The second-order valence-corrected chi connectivity index (χ2v) is 3.87. The van der Waals surface area contributed by atoms with Crippen LogP contribution in [-0.2, 0) is 0 Å². The average Bonchev–Trinajstić information content (AvgIpc) is 2.16. The topological polar surface area (TPSA) is 18.5 Å². The van der Waals surface area contributed by atoms with Crippen molar-refractivity contribution in [1.82, 2.24) is 15.1 Å². The lowest BCUT2D eigenvalue weighted by Crippen LogP contribution is -2.55. The molecule has 1 unspecified atom stereocenters. The summed E-state index contributed by atoms with van der Waals surface area (Å²) in [6.07, 6.45) is 0. The highest BCUT2D eigenvalue weighted by Gasteiger charge is 2.22. The largest absolute Gasteiger partial charge is 0.366 e. The first kappa shape index (κ1) is 10.7. The fraction of sp³-hybridized carbons (Fsp3) is 0.889. The van der Waals surface area contributed by atoms with Gasteiger partial charge >= 0.3 is 0 Å². The van der Waals surface area contributed by atoms with Gasteiger partial charge in [0.15, 0.2) is 5.11 Å². The quantitative estimate of drug-likeness (QED) is 0.623. The Morgan fingerprint density at radius 1 is 1.54 bits per heavy atom. The van der Waals surface area contributed by atoms with E-state index in [1.54, 1.807) is 0 Å². The fourth-order valence-electron chi connectivity index (χ4n) is 1.81. The molecular weight excluding hydrogens is 182 g/mol. The van der Waals surface area contributed by atoms with Crippen LogP contribution < -0.4 is 5.32 Å². The maximum absolute atomic E-state index is 5.20. The van der Waals surface area contributed by atoms with Crippen LogP contribution in [0.4, 0.5) is 0 Å². The van der Waals surface area contributed by atoms with Crippen molar-refractivity contribution in [2.75, 3.05) is 33.2 Å². The standard InChI is InChI=1S/C9H19N3S/c1-4-11-5-6-12(7-8(11)2)9(13)10-3/h8H,4-7H2,1-3H3,(H,10,13). The van der Waals surface area contributed by atoms with Crippen LogP contribution in [0.3, 0.4) is 0 Å². The van der Waals surface area contributed by atoms with Crippen molar-refractivity contribution in [2.45, 2.75) is 19.9 Å². The van der Waals surface area contributed by atoms with Crippen molar-refractivity contribution in [3.8, 4) is 0 Å². The predicted octanol–water partition coefficient (Wildman–Crippen LogP) is 0.517. The van der Waals surface area contributed by atoms with E-state index in [9.17, 15) is 0 Å². The number of hydrogen-bond donors (Lipinski definition) is 1. The molecule has 0 aromatic rings. The third-order valence-electron chi connectivity index (χ3n) is 2.67. The van der Waals surface area contributed by atoms with E-state index in [4.69, 9.17) is 12.2 Å². The Hall–Kier alpha value is -0.350. The zero-order chi connectivity index (χ0) is 9.84. The molecular formula is C9H19N3S. The lowest BCUT2D eigenvalue weighted by Gasteiger charge is -2.40. The van der Waals surface area contributed by atoms with Crippen LogP contribution >= 0.6 is 12.2 Å². The Bertz CT molecular complexity index is 184. The van der Waals surface area contributed by atoms with Crippen molar-refractivity contribution in [3.63, 3.8) is 0 Å². The number of nitrogens with one attached hydrogen (secondary N) is 1. The van der Waals surface area contributed by atoms with Gasteiger partial charge in [-0.1, -0.05) is 6.92 Å². The van der Waals surface area contributed by atoms with E-state index in [1.807, 2.05) is 7.05 Å². The Balaban J connectivity index is 2.45. The Kier molecular flexibility index (Phi) is 3.93. The van der Waals surface area contributed by atoms with E-state index in [2.05, 4.69) is 29.0 Å². The molecule has 1 rings (SSSR count). The Morgan fingerprint density at radius 3 is 2.69 bits per heavy atom. The van der Waals surface area contributed by atoms with Gasteiger partial charge in [-0.3, -0.25) is 4.90 Å². The maximum Gasteiger partial charge on any atom is 0.168 e. The molecule has 1 fully saturated rings. The molecule has 0 spiro atoms. The van der Waals surface area contributed by atoms with E-state index in [0.29, 0.717) is 6.04 Å². The maximum atomic E-state index is 5.20. The highest BCUT2D eigenvalue weighted by Crippen LogP contribution is 2.08. The van der Waals surface area contributed by atoms with E-state index in [0.717, 1.165) is 31.3 Å². The van der Waals surface area contributed by atoms with Crippen LogP contribution in [0.15, 0.2) is 0 Å². The Morgan fingerprint density at radius 2 is 2.23 bits per heavy atom. The summed E-state index contributed by atoms with van der Waals surface area (Å²) in [5.41, 5.74) is 0. The van der Waals surface area contributed by atoms with Gasteiger partial charge in [-0.25, -0.2) is 0 Å². The van der Waals surface area contributed by atoms with Crippen LogP contribution in [0, 0.1) is 0 Å². The van der Waals surface area contributed by atoms with Gasteiger partial charge in [-0.15, -0.1) is 0 Å². The van der Waals surface area contributed by atoms with Gasteiger partial charge in [0.25, 0.3) is 0 Å². The van der Waals surface area contributed by atoms with Crippen molar-refractivity contribution in [2.24, 2.45) is 0 Å². The summed E-state index contributed by atoms with van der Waals surface area (Å²) >= 11 is 5.20. The van der Waals surface area contributed by atoms with Gasteiger partial charge in [0.1, 0.15) is 0 Å². The lowest BCUT2D eigenvalue weighted by molar-refractivity contribution is 0.129. The van der Waals surface area contributed by atoms with Crippen LogP contribution in [0.2, 0.25) is 0 Å². The summed E-state index contributed by atoms with van der Waals surface area (Å²) in [7, 11) is 1.89. The molecule has 1 saturated heterocycles. The summed E-state index contributed by atoms with van der Waals surface area (Å²) in [6, 6.07) is 0.616. The van der Waals surface area contributed by atoms with E-state index in [-0.39, 0.29) is 0 Å². The number of thiocarbonyl (C=S) groups is 1. The molecule has 1 heterocycles. The molecule has 3 nitrogen and oxygen atoms in total. The fourth-order valence-corrected chi connectivity index (χ4v) is 1.97. The molecule has 4 heteroatoms. The summed E-state index contributed by atoms with van der Waals surface area (Å²) in [4.78, 5) is 4.72. The van der Waals surface area contributed by atoms with Crippen LogP contribution in [0.5, 0.6) is 0 Å². The van der Waals surface area contributed by atoms with Crippen molar-refractivity contribution >= 4 is 17.3 Å². The number of nitrogens with zero attached hydrogens (tertiary/aromatic N) is 2. The van der Waals surface area contributed by atoms with Crippen LogP contribution in [-0.4, -0.2) is 54.2 Å². The highest BCUT2D eigenvalue weighted by atomic mass is 32.1. The summed E-state index contributed by atoms with van der Waals surface area (Å²) in [5.74, 6) is 0. The minimum absolute atomic E-state index is 0.616. The first-order valence-corrected chi connectivity index (χ1v) is 5.30. The molecule has 0 amide bonds. The molecule has 0 radical (unpaired) electrons. The second-order valence-electron chi connectivity index (χ2n) is 3.48.